The molecular formula is C26H25ClN2O2. The molecule has 1 aliphatic carbocycles. The minimum absolute atomic E-state index is 0.340. The number of carbonyl (C=O) groups excluding carboxylic acids is 1. The highest BCUT2D eigenvalue weighted by Gasteiger charge is 2.18. The Bertz CT molecular complexity index is 1150. The number of halogens is 1. The number of methoxy groups -OCH3 is 1. The molecule has 1 aromatic carbocycles. The maximum absolute atomic E-state index is 11.9. The number of esters is 1. The Labute approximate surface area is 188 Å². The standard InChI is InChI=1S/C26H25ClN2O2/c1-4-17-6-10-22(20-9-12-23(24(27)15-20)26(30)31-3)21(19(5-2)14-17)11-7-18-8-13-25(28)29-16-18/h6,8-10,12-13,15-16H,4-5,14H2,1-3H3,(H2,28,29). The van der Waals surface area contributed by atoms with Crippen molar-refractivity contribution in [2.24, 2.45) is 0 Å². The zero-order valence-corrected chi connectivity index (χ0v) is 18.7. The number of nitrogen functional groups attached to an aromatic ring is 1. The van der Waals surface area contributed by atoms with E-state index in [4.69, 9.17) is 22.1 Å². The van der Waals surface area contributed by atoms with Gasteiger partial charge >= 0.3 is 5.97 Å². The molecule has 1 aromatic heterocycles. The van der Waals surface area contributed by atoms with E-state index in [-0.39, 0.29) is 0 Å². The molecule has 158 valence electrons. The van der Waals surface area contributed by atoms with Gasteiger partial charge in [-0.15, -0.1) is 0 Å². The van der Waals surface area contributed by atoms with Crippen LogP contribution in [0.25, 0.3) is 5.57 Å². The van der Waals surface area contributed by atoms with Crippen molar-refractivity contribution in [3.05, 3.63) is 87.1 Å². The van der Waals surface area contributed by atoms with Crippen LogP contribution in [0.15, 0.2) is 65.4 Å². The van der Waals surface area contributed by atoms with Crippen LogP contribution in [0.5, 0.6) is 0 Å². The molecule has 0 fully saturated rings. The summed E-state index contributed by atoms with van der Waals surface area (Å²) in [5.74, 6) is 6.60. The Balaban J connectivity index is 2.13. The number of nitrogens with two attached hydrogens (primary N) is 1. The third-order valence-electron chi connectivity index (χ3n) is 5.23. The highest BCUT2D eigenvalue weighted by atomic mass is 35.5. The summed E-state index contributed by atoms with van der Waals surface area (Å²) in [6.07, 6.45) is 8.66. The van der Waals surface area contributed by atoms with Gasteiger partial charge in [0, 0.05) is 17.3 Å². The molecule has 1 aliphatic rings. The number of rotatable bonds is 4. The first-order valence-corrected chi connectivity index (χ1v) is 10.6. The van der Waals surface area contributed by atoms with Crippen LogP contribution < -0.4 is 5.73 Å². The second-order valence-corrected chi connectivity index (χ2v) is 7.58. The van der Waals surface area contributed by atoms with Gasteiger partial charge in [0.05, 0.1) is 17.7 Å². The third kappa shape index (κ3) is 5.25. The van der Waals surface area contributed by atoms with Gasteiger partial charge < -0.3 is 10.5 Å². The molecule has 4 nitrogen and oxygen atoms in total. The summed E-state index contributed by atoms with van der Waals surface area (Å²) in [6, 6.07) is 8.98. The fraction of sp³-hybridized carbons (Fsp3) is 0.231. The summed E-state index contributed by atoms with van der Waals surface area (Å²) >= 11 is 6.41. The molecule has 0 bridgehead atoms. The van der Waals surface area contributed by atoms with Gasteiger partial charge in [0.15, 0.2) is 0 Å². The number of nitrogens with zero attached hydrogens (tertiary/aromatic N) is 1. The average Bonchev–Trinajstić information content (AvgIpc) is 2.97. The Morgan fingerprint density at radius 2 is 1.97 bits per heavy atom. The topological polar surface area (TPSA) is 65.2 Å². The van der Waals surface area contributed by atoms with E-state index < -0.39 is 5.97 Å². The molecule has 0 saturated carbocycles. The number of hydrogen-bond donors (Lipinski definition) is 1. The Hall–Kier alpha value is -3.29. The van der Waals surface area contributed by atoms with Crippen LogP contribution in [0.2, 0.25) is 5.02 Å². The lowest BCUT2D eigenvalue weighted by Crippen LogP contribution is -2.03. The van der Waals surface area contributed by atoms with E-state index in [1.54, 1.807) is 24.4 Å². The van der Waals surface area contributed by atoms with Gasteiger partial charge in [-0.05, 0) is 54.7 Å². The molecule has 31 heavy (non-hydrogen) atoms. The van der Waals surface area contributed by atoms with E-state index in [1.807, 2.05) is 12.1 Å². The Morgan fingerprint density at radius 3 is 2.58 bits per heavy atom. The van der Waals surface area contributed by atoms with Crippen molar-refractivity contribution in [3.8, 4) is 11.8 Å². The summed E-state index contributed by atoms with van der Waals surface area (Å²) in [6.45, 7) is 4.30. The first-order chi connectivity index (χ1) is 15.0. The van der Waals surface area contributed by atoms with Crippen molar-refractivity contribution < 1.29 is 9.53 Å². The van der Waals surface area contributed by atoms with Gasteiger partial charge in [-0.3, -0.25) is 0 Å². The summed E-state index contributed by atoms with van der Waals surface area (Å²) in [5, 5.41) is 0.349. The number of allylic oxidation sites excluding steroid dienone is 6. The lowest BCUT2D eigenvalue weighted by molar-refractivity contribution is 0.0601. The minimum atomic E-state index is -0.458. The van der Waals surface area contributed by atoms with Gasteiger partial charge in [0.1, 0.15) is 5.82 Å². The van der Waals surface area contributed by atoms with Gasteiger partial charge in [-0.1, -0.05) is 66.7 Å². The lowest BCUT2D eigenvalue weighted by atomic mass is 9.91. The smallest absolute Gasteiger partial charge is 0.339 e. The summed E-state index contributed by atoms with van der Waals surface area (Å²) in [5.41, 5.74) is 12.3. The van der Waals surface area contributed by atoms with Crippen molar-refractivity contribution >= 4 is 29.0 Å². The van der Waals surface area contributed by atoms with Crippen LogP contribution in [0.3, 0.4) is 0 Å². The fourth-order valence-corrected chi connectivity index (χ4v) is 3.67. The first kappa shape index (κ1) is 22.4. The molecule has 3 rings (SSSR count). The van der Waals surface area contributed by atoms with Crippen molar-refractivity contribution in [3.63, 3.8) is 0 Å². The molecule has 0 amide bonds. The first-order valence-electron chi connectivity index (χ1n) is 10.2. The largest absolute Gasteiger partial charge is 0.465 e. The number of aromatic nitrogens is 1. The van der Waals surface area contributed by atoms with E-state index in [9.17, 15) is 4.79 Å². The van der Waals surface area contributed by atoms with Crippen LogP contribution >= 0.6 is 11.6 Å². The van der Waals surface area contributed by atoms with Gasteiger partial charge in [0.2, 0.25) is 0 Å². The Kier molecular flexibility index (Phi) is 7.33. The lowest BCUT2D eigenvalue weighted by Gasteiger charge is -2.13. The zero-order chi connectivity index (χ0) is 22.4. The van der Waals surface area contributed by atoms with Crippen molar-refractivity contribution in [1.82, 2.24) is 4.98 Å². The van der Waals surface area contributed by atoms with E-state index in [1.165, 1.54) is 18.3 Å². The highest BCUT2D eigenvalue weighted by molar-refractivity contribution is 6.33. The number of hydrogen-bond acceptors (Lipinski definition) is 4. The molecular weight excluding hydrogens is 408 g/mol. The fourth-order valence-electron chi connectivity index (χ4n) is 3.41. The maximum atomic E-state index is 11.9. The highest BCUT2D eigenvalue weighted by Crippen LogP contribution is 2.35. The molecule has 0 saturated heterocycles. The molecule has 0 spiro atoms. The maximum Gasteiger partial charge on any atom is 0.339 e. The number of pyridine rings is 1. The molecule has 2 aromatic rings. The number of carbonyl (C=O) groups is 1. The molecule has 2 N–H and O–H groups in total. The monoisotopic (exact) mass is 432 g/mol. The van der Waals surface area contributed by atoms with E-state index in [2.05, 4.69) is 42.8 Å². The predicted octanol–water partition coefficient (Wildman–Crippen LogP) is 5.99. The number of anilines is 1. The van der Waals surface area contributed by atoms with Crippen molar-refractivity contribution in [2.75, 3.05) is 12.8 Å². The van der Waals surface area contributed by atoms with Crippen molar-refractivity contribution in [2.45, 2.75) is 33.1 Å². The molecule has 5 heteroatoms. The summed E-state index contributed by atoms with van der Waals surface area (Å²) in [4.78, 5) is 16.0. The third-order valence-corrected chi connectivity index (χ3v) is 5.55. The van der Waals surface area contributed by atoms with Crippen LogP contribution in [-0.4, -0.2) is 18.1 Å². The average molecular weight is 433 g/mol. The predicted molar refractivity (Wildman–Crippen MR) is 127 cm³/mol. The van der Waals surface area contributed by atoms with E-state index in [0.717, 1.165) is 41.5 Å². The van der Waals surface area contributed by atoms with Gasteiger partial charge in [0.25, 0.3) is 0 Å². The molecule has 0 aliphatic heterocycles. The molecule has 0 unspecified atom stereocenters. The molecule has 0 radical (unpaired) electrons. The van der Waals surface area contributed by atoms with E-state index >= 15 is 0 Å². The SMILES string of the molecule is CCC1=CC=C(c2ccc(C(=O)OC)c(Cl)c2)C(C#Cc2ccc(N)nc2)=C(CC)C1. The summed E-state index contributed by atoms with van der Waals surface area (Å²) in [7, 11) is 1.34. The number of ether oxygens (including phenoxy) is 1. The second kappa shape index (κ2) is 10.1. The molecule has 0 atom stereocenters. The van der Waals surface area contributed by atoms with Gasteiger partial charge in [-0.2, -0.15) is 0 Å². The quantitative estimate of drug-likeness (QED) is 0.476. The minimum Gasteiger partial charge on any atom is -0.465 e. The van der Waals surface area contributed by atoms with Crippen molar-refractivity contribution in [1.29, 1.82) is 0 Å². The normalized spacial score (nSPS) is 13.5. The molecule has 1 heterocycles. The number of benzene rings is 1. The van der Waals surface area contributed by atoms with Crippen LogP contribution in [0.1, 0.15) is 54.6 Å². The summed E-state index contributed by atoms with van der Waals surface area (Å²) < 4.78 is 4.81. The second-order valence-electron chi connectivity index (χ2n) is 7.18. The Morgan fingerprint density at radius 1 is 1.16 bits per heavy atom. The zero-order valence-electron chi connectivity index (χ0n) is 18.0. The van der Waals surface area contributed by atoms with E-state index in [0.29, 0.717) is 16.4 Å². The van der Waals surface area contributed by atoms with Crippen LogP contribution in [-0.2, 0) is 4.74 Å². The van der Waals surface area contributed by atoms with Crippen LogP contribution in [0, 0.1) is 11.8 Å². The van der Waals surface area contributed by atoms with Gasteiger partial charge in [-0.25, -0.2) is 9.78 Å². The van der Waals surface area contributed by atoms with Crippen LogP contribution in [0.4, 0.5) is 5.82 Å².